The lowest BCUT2D eigenvalue weighted by Gasteiger charge is -2.24. The predicted octanol–water partition coefficient (Wildman–Crippen LogP) is 4.92. The molecule has 2 atom stereocenters. The summed E-state index contributed by atoms with van der Waals surface area (Å²) >= 11 is 0. The van der Waals surface area contributed by atoms with Gasteiger partial charge >= 0.3 is 0 Å². The maximum atomic E-state index is 13.5. The van der Waals surface area contributed by atoms with Crippen molar-refractivity contribution in [2.24, 2.45) is 11.7 Å². The van der Waals surface area contributed by atoms with Crippen LogP contribution in [0, 0.1) is 5.92 Å². The van der Waals surface area contributed by atoms with Gasteiger partial charge in [0.25, 0.3) is 12.9 Å². The Morgan fingerprint density at radius 3 is 2.63 bits per heavy atom. The second-order valence-electron chi connectivity index (χ2n) is 7.15. The first-order chi connectivity index (χ1) is 12.8. The highest BCUT2D eigenvalue weighted by Crippen LogP contribution is 2.35. The lowest BCUT2D eigenvalue weighted by molar-refractivity contribution is 0.135. The molecule has 1 unspecified atom stereocenters. The van der Waals surface area contributed by atoms with Crippen LogP contribution in [0.4, 0.5) is 17.6 Å². The Kier molecular flexibility index (Phi) is 5.64. The van der Waals surface area contributed by atoms with E-state index in [1.807, 2.05) is 0 Å². The molecule has 0 spiro atoms. The molecule has 2 aromatic rings. The largest absolute Gasteiger partial charge is 0.490 e. The number of nitrogens with zero attached hydrogens (tertiary/aromatic N) is 2. The number of hydrogen-bond donors (Lipinski definition) is 1. The van der Waals surface area contributed by atoms with Gasteiger partial charge in [-0.2, -0.15) is 0 Å². The Balaban J connectivity index is 1.84. The summed E-state index contributed by atoms with van der Waals surface area (Å²) in [6, 6.07) is 5.43. The van der Waals surface area contributed by atoms with Gasteiger partial charge in [0.1, 0.15) is 23.7 Å². The molecule has 0 radical (unpaired) electrons. The molecule has 2 aromatic heterocycles. The average Bonchev–Trinajstić information content (AvgIpc) is 2.99. The minimum absolute atomic E-state index is 0.0405. The highest BCUT2D eigenvalue weighted by molar-refractivity contribution is 5.60. The van der Waals surface area contributed by atoms with Crippen molar-refractivity contribution in [1.29, 1.82) is 0 Å². The van der Waals surface area contributed by atoms with E-state index in [1.54, 1.807) is 0 Å². The molecule has 27 heavy (non-hydrogen) atoms. The van der Waals surface area contributed by atoms with Gasteiger partial charge < -0.3 is 10.5 Å². The van der Waals surface area contributed by atoms with Crippen LogP contribution < -0.4 is 10.5 Å². The standard InChI is InChI=1S/C19H21F4N3O/c1-11-4-6-19(24,9-11)10-27-15-3-2-13(26-16(15)18(22)23)12-5-7-25-14(8-12)17(20)21/h2-3,5,7-8,11,17-18H,4,6,9-10,24H2,1H3/t11?,19-/m0/s1. The van der Waals surface area contributed by atoms with Crippen LogP contribution in [0.25, 0.3) is 11.3 Å². The Labute approximate surface area is 154 Å². The molecule has 8 heteroatoms. The van der Waals surface area contributed by atoms with E-state index in [0.717, 1.165) is 25.3 Å². The average molecular weight is 383 g/mol. The number of halogens is 4. The molecule has 0 aromatic carbocycles. The molecule has 1 fully saturated rings. The Morgan fingerprint density at radius 1 is 1.22 bits per heavy atom. The van der Waals surface area contributed by atoms with Crippen LogP contribution in [0.1, 0.15) is 50.4 Å². The minimum Gasteiger partial charge on any atom is -0.490 e. The molecule has 4 nitrogen and oxygen atoms in total. The van der Waals surface area contributed by atoms with Crippen LogP contribution in [0.3, 0.4) is 0 Å². The molecule has 146 valence electrons. The van der Waals surface area contributed by atoms with Crippen molar-refractivity contribution < 1.29 is 22.3 Å². The van der Waals surface area contributed by atoms with E-state index in [2.05, 4.69) is 16.9 Å². The third kappa shape index (κ3) is 4.55. The molecule has 2 N–H and O–H groups in total. The summed E-state index contributed by atoms with van der Waals surface area (Å²) in [5.41, 5.74) is 5.22. The van der Waals surface area contributed by atoms with Crippen LogP contribution in [0.5, 0.6) is 5.75 Å². The summed E-state index contributed by atoms with van der Waals surface area (Å²) in [5, 5.41) is 0. The van der Waals surface area contributed by atoms with Crippen molar-refractivity contribution in [3.05, 3.63) is 41.9 Å². The zero-order chi connectivity index (χ0) is 19.6. The van der Waals surface area contributed by atoms with Gasteiger partial charge in [0.15, 0.2) is 0 Å². The van der Waals surface area contributed by atoms with E-state index in [4.69, 9.17) is 10.5 Å². The first-order valence-corrected chi connectivity index (χ1v) is 8.73. The van der Waals surface area contributed by atoms with Crippen molar-refractivity contribution in [2.75, 3.05) is 6.61 Å². The maximum absolute atomic E-state index is 13.5. The van der Waals surface area contributed by atoms with E-state index < -0.39 is 29.8 Å². The molecule has 0 bridgehead atoms. The summed E-state index contributed by atoms with van der Waals surface area (Å²) in [6.45, 7) is 2.22. The normalized spacial score (nSPS) is 22.6. The topological polar surface area (TPSA) is 61.0 Å². The SMILES string of the molecule is CC1CC[C@@](N)(COc2ccc(-c3ccnc(C(F)F)c3)nc2C(F)F)C1. The van der Waals surface area contributed by atoms with Crippen molar-refractivity contribution in [3.8, 4) is 17.0 Å². The molecule has 2 heterocycles. The fourth-order valence-corrected chi connectivity index (χ4v) is 3.41. The minimum atomic E-state index is -2.87. The van der Waals surface area contributed by atoms with Crippen molar-refractivity contribution in [1.82, 2.24) is 9.97 Å². The van der Waals surface area contributed by atoms with E-state index in [9.17, 15) is 17.6 Å². The Hall–Kier alpha value is -2.22. The Morgan fingerprint density at radius 2 is 2.00 bits per heavy atom. The lowest BCUT2D eigenvalue weighted by atomic mass is 9.99. The maximum Gasteiger partial charge on any atom is 0.284 e. The van der Waals surface area contributed by atoms with Gasteiger partial charge in [-0.1, -0.05) is 6.92 Å². The first kappa shape index (κ1) is 19.5. The lowest BCUT2D eigenvalue weighted by Crippen LogP contribution is -2.43. The highest BCUT2D eigenvalue weighted by atomic mass is 19.3. The summed E-state index contributed by atoms with van der Waals surface area (Å²) in [6.07, 6.45) is -1.89. The molecule has 1 aliphatic rings. The monoisotopic (exact) mass is 383 g/mol. The van der Waals surface area contributed by atoms with Crippen molar-refractivity contribution >= 4 is 0 Å². The fraction of sp³-hybridized carbons (Fsp3) is 0.474. The first-order valence-electron chi connectivity index (χ1n) is 8.73. The zero-order valence-corrected chi connectivity index (χ0v) is 14.8. The second-order valence-corrected chi connectivity index (χ2v) is 7.15. The van der Waals surface area contributed by atoms with Crippen LogP contribution in [0.2, 0.25) is 0 Å². The molecule has 3 rings (SSSR count). The van der Waals surface area contributed by atoms with Crippen molar-refractivity contribution in [2.45, 2.75) is 44.6 Å². The number of pyridine rings is 2. The van der Waals surface area contributed by atoms with Gasteiger partial charge in [-0.15, -0.1) is 0 Å². The number of ether oxygens (including phenoxy) is 1. The summed E-state index contributed by atoms with van der Waals surface area (Å²) in [7, 11) is 0. The van der Waals surface area contributed by atoms with E-state index in [1.165, 1.54) is 24.4 Å². The van der Waals surface area contributed by atoms with Gasteiger partial charge in [0.2, 0.25) is 0 Å². The quantitative estimate of drug-likeness (QED) is 0.720. The second kappa shape index (κ2) is 7.80. The summed E-state index contributed by atoms with van der Waals surface area (Å²) in [5.74, 6) is 0.436. The number of nitrogens with two attached hydrogens (primary N) is 1. The summed E-state index contributed by atoms with van der Waals surface area (Å²) < 4.78 is 58.2. The van der Waals surface area contributed by atoms with Gasteiger partial charge in [-0.25, -0.2) is 22.5 Å². The molecular formula is C19H21F4N3O. The molecule has 1 aliphatic carbocycles. The smallest absolute Gasteiger partial charge is 0.284 e. The molecule has 0 saturated heterocycles. The van der Waals surface area contributed by atoms with Crippen LogP contribution in [-0.2, 0) is 0 Å². The number of alkyl halides is 4. The molecule has 0 aliphatic heterocycles. The van der Waals surface area contributed by atoms with Crippen LogP contribution in [0.15, 0.2) is 30.5 Å². The van der Waals surface area contributed by atoms with E-state index in [-0.39, 0.29) is 23.6 Å². The van der Waals surface area contributed by atoms with Gasteiger partial charge in [-0.05, 0) is 49.4 Å². The van der Waals surface area contributed by atoms with E-state index in [0.29, 0.717) is 5.92 Å². The number of rotatable bonds is 6. The Bertz CT molecular complexity index is 802. The molecule has 1 saturated carbocycles. The number of hydrogen-bond acceptors (Lipinski definition) is 4. The third-order valence-corrected chi connectivity index (χ3v) is 4.80. The summed E-state index contributed by atoms with van der Waals surface area (Å²) in [4.78, 5) is 7.50. The predicted molar refractivity (Wildman–Crippen MR) is 92.8 cm³/mol. The van der Waals surface area contributed by atoms with Gasteiger partial charge in [-0.3, -0.25) is 4.98 Å². The molecule has 0 amide bonds. The van der Waals surface area contributed by atoms with Gasteiger partial charge in [0, 0.05) is 11.8 Å². The fourth-order valence-electron chi connectivity index (χ4n) is 3.41. The number of aromatic nitrogens is 2. The molecular weight excluding hydrogens is 362 g/mol. The highest BCUT2D eigenvalue weighted by Gasteiger charge is 2.35. The van der Waals surface area contributed by atoms with Gasteiger partial charge in [0.05, 0.1) is 11.2 Å². The van der Waals surface area contributed by atoms with Crippen LogP contribution in [-0.4, -0.2) is 22.1 Å². The third-order valence-electron chi connectivity index (χ3n) is 4.80. The van der Waals surface area contributed by atoms with Crippen LogP contribution >= 0.6 is 0 Å². The van der Waals surface area contributed by atoms with Crippen molar-refractivity contribution in [3.63, 3.8) is 0 Å². The van der Waals surface area contributed by atoms with E-state index >= 15 is 0 Å². The zero-order valence-electron chi connectivity index (χ0n) is 14.8.